The molecule has 0 bridgehead atoms. The zero-order valence-electron chi connectivity index (χ0n) is 24.3. The molecule has 2 N–H and O–H groups in total. The second kappa shape index (κ2) is 14.5. The van der Waals surface area contributed by atoms with Crippen molar-refractivity contribution in [2.24, 2.45) is 0 Å². The molecule has 1 fully saturated rings. The molecule has 0 aliphatic carbocycles. The highest BCUT2D eigenvalue weighted by Gasteiger charge is 2.30. The number of ether oxygens (including phenoxy) is 1. The van der Waals surface area contributed by atoms with Gasteiger partial charge in [0.1, 0.15) is 11.6 Å². The van der Waals surface area contributed by atoms with Crippen molar-refractivity contribution in [3.05, 3.63) is 102 Å². The summed E-state index contributed by atoms with van der Waals surface area (Å²) in [6.07, 6.45) is 5.91. The maximum atomic E-state index is 14.1. The summed E-state index contributed by atoms with van der Waals surface area (Å²) in [5, 5.41) is 2.91. The smallest absolute Gasteiger partial charge is 0.326 e. The molecule has 5 rings (SSSR count). The SMILES string of the molecule is Cc1ccc(NC(=O)N(c2cccc(F)c2)C2CCN(Cc3ccc(Oc4ccc(NS(C)(=O)=O)cc4)nc3)CC2)cn1.Cl. The minimum absolute atomic E-state index is 0. The number of rotatable bonds is 9. The summed E-state index contributed by atoms with van der Waals surface area (Å²) >= 11 is 0. The Balaban J connectivity index is 0.00000442. The number of anilines is 3. The molecule has 2 aromatic heterocycles. The lowest BCUT2D eigenvalue weighted by Gasteiger charge is -2.38. The van der Waals surface area contributed by atoms with Crippen molar-refractivity contribution in [1.82, 2.24) is 14.9 Å². The molecule has 3 heterocycles. The summed E-state index contributed by atoms with van der Waals surface area (Å²) in [5.41, 5.74) is 3.41. The molecule has 0 radical (unpaired) electrons. The maximum absolute atomic E-state index is 14.1. The molecule has 4 aromatic rings. The van der Waals surface area contributed by atoms with Crippen LogP contribution in [0.2, 0.25) is 0 Å². The van der Waals surface area contributed by atoms with Crippen LogP contribution in [0, 0.1) is 12.7 Å². The van der Waals surface area contributed by atoms with Crippen molar-refractivity contribution in [2.45, 2.75) is 32.4 Å². The van der Waals surface area contributed by atoms with E-state index in [4.69, 9.17) is 4.74 Å². The van der Waals surface area contributed by atoms with E-state index in [-0.39, 0.29) is 24.5 Å². The lowest BCUT2D eigenvalue weighted by Crippen LogP contribution is -2.49. The summed E-state index contributed by atoms with van der Waals surface area (Å²) in [6, 6.07) is 19.6. The number of hydrogen-bond donors (Lipinski definition) is 2. The monoisotopic (exact) mass is 640 g/mol. The normalized spacial score (nSPS) is 13.9. The fraction of sp³-hybridized carbons (Fsp3) is 0.258. The van der Waals surface area contributed by atoms with Gasteiger partial charge in [-0.3, -0.25) is 19.5 Å². The van der Waals surface area contributed by atoms with Crippen LogP contribution in [-0.4, -0.2) is 54.7 Å². The molecule has 13 heteroatoms. The second-order valence-electron chi connectivity index (χ2n) is 10.5. The molecular weight excluding hydrogens is 607 g/mol. The number of aromatic nitrogens is 2. The van der Waals surface area contributed by atoms with Crippen LogP contribution < -0.4 is 19.7 Å². The van der Waals surface area contributed by atoms with Gasteiger partial charge < -0.3 is 10.1 Å². The molecular formula is C31H34ClFN6O4S. The predicted molar refractivity (Wildman–Crippen MR) is 172 cm³/mol. The fourth-order valence-electron chi connectivity index (χ4n) is 4.93. The van der Waals surface area contributed by atoms with E-state index in [9.17, 15) is 17.6 Å². The minimum Gasteiger partial charge on any atom is -0.439 e. The van der Waals surface area contributed by atoms with Gasteiger partial charge in [-0.1, -0.05) is 12.1 Å². The third-order valence-electron chi connectivity index (χ3n) is 6.97. The van der Waals surface area contributed by atoms with Crippen molar-refractivity contribution >= 4 is 45.5 Å². The van der Waals surface area contributed by atoms with Crippen LogP contribution in [-0.2, 0) is 16.6 Å². The number of halogens is 2. The number of hydrogen-bond acceptors (Lipinski definition) is 7. The van der Waals surface area contributed by atoms with E-state index >= 15 is 0 Å². The van der Waals surface area contributed by atoms with E-state index in [2.05, 4.69) is 24.9 Å². The van der Waals surface area contributed by atoms with Gasteiger partial charge in [0.15, 0.2) is 0 Å². The van der Waals surface area contributed by atoms with E-state index in [0.717, 1.165) is 43.4 Å². The Bertz CT molecular complexity index is 1650. The number of sulfonamides is 1. The lowest BCUT2D eigenvalue weighted by atomic mass is 10.0. The zero-order chi connectivity index (χ0) is 30.4. The van der Waals surface area contributed by atoms with Gasteiger partial charge in [-0.05, 0) is 79.9 Å². The van der Waals surface area contributed by atoms with Gasteiger partial charge >= 0.3 is 6.03 Å². The first-order chi connectivity index (χ1) is 20.6. The third-order valence-corrected chi connectivity index (χ3v) is 7.58. The Morgan fingerprint density at radius 3 is 2.34 bits per heavy atom. The number of nitrogens with zero attached hydrogens (tertiary/aromatic N) is 4. The zero-order valence-corrected chi connectivity index (χ0v) is 25.9. The Morgan fingerprint density at radius 1 is 1.00 bits per heavy atom. The number of pyridine rings is 2. The van der Waals surface area contributed by atoms with Gasteiger partial charge in [-0.2, -0.15) is 0 Å². The minimum atomic E-state index is -3.35. The molecule has 2 amide bonds. The van der Waals surface area contributed by atoms with E-state index < -0.39 is 15.8 Å². The molecule has 10 nitrogen and oxygen atoms in total. The Labute approximate surface area is 262 Å². The quantitative estimate of drug-likeness (QED) is 0.223. The van der Waals surface area contributed by atoms with Gasteiger partial charge in [0.2, 0.25) is 15.9 Å². The van der Waals surface area contributed by atoms with Crippen LogP contribution >= 0.6 is 12.4 Å². The number of nitrogens with one attached hydrogen (secondary N) is 2. The van der Waals surface area contributed by atoms with E-state index in [1.54, 1.807) is 65.8 Å². The number of carbonyl (C=O) groups excluding carboxylic acids is 1. The highest BCUT2D eigenvalue weighted by molar-refractivity contribution is 7.92. The van der Waals surface area contributed by atoms with Crippen LogP contribution in [0.4, 0.5) is 26.2 Å². The average molecular weight is 641 g/mol. The van der Waals surface area contributed by atoms with Crippen LogP contribution in [0.1, 0.15) is 24.1 Å². The largest absolute Gasteiger partial charge is 0.439 e. The summed E-state index contributed by atoms with van der Waals surface area (Å²) in [4.78, 5) is 26.0. The number of likely N-dealkylation sites (tertiary alicyclic amines) is 1. The van der Waals surface area contributed by atoms with Gasteiger partial charge in [0.05, 0.1) is 18.1 Å². The van der Waals surface area contributed by atoms with Crippen molar-refractivity contribution < 1.29 is 22.3 Å². The van der Waals surface area contributed by atoms with Crippen molar-refractivity contribution in [3.8, 4) is 11.6 Å². The fourth-order valence-corrected chi connectivity index (χ4v) is 5.49. The standard InChI is InChI=1S/C31H33FN6O4S.ClH/c1-22-6-8-26(20-33-22)35-31(39)38(28-5-3-4-24(32)18-28)27-14-16-37(17-15-27)21-23-7-13-30(34-19-23)42-29-11-9-25(10-12-29)36-43(2,40)41;/h3-13,18-20,27,36H,14-17,21H2,1-2H3,(H,35,39);1H. The number of urea groups is 1. The number of carbonyl (C=O) groups is 1. The summed E-state index contributed by atoms with van der Waals surface area (Å²) in [7, 11) is -3.35. The van der Waals surface area contributed by atoms with Crippen LogP contribution in [0.15, 0.2) is 85.2 Å². The average Bonchev–Trinajstić information content (AvgIpc) is 2.97. The molecule has 232 valence electrons. The topological polar surface area (TPSA) is 117 Å². The van der Waals surface area contributed by atoms with Gasteiger partial charge in [0.25, 0.3) is 0 Å². The summed E-state index contributed by atoms with van der Waals surface area (Å²) in [6.45, 7) is 4.07. The lowest BCUT2D eigenvalue weighted by molar-refractivity contribution is 0.199. The molecule has 0 spiro atoms. The van der Waals surface area contributed by atoms with E-state index in [0.29, 0.717) is 35.2 Å². The van der Waals surface area contributed by atoms with Crippen molar-refractivity contribution in [3.63, 3.8) is 0 Å². The molecule has 0 atom stereocenters. The molecule has 0 saturated carbocycles. The van der Waals surface area contributed by atoms with Gasteiger partial charge in [-0.15, -0.1) is 12.4 Å². The van der Waals surface area contributed by atoms with Crippen molar-refractivity contribution in [2.75, 3.05) is 34.3 Å². The number of benzene rings is 2. The Kier molecular flexibility index (Phi) is 10.7. The molecule has 44 heavy (non-hydrogen) atoms. The molecule has 1 aliphatic rings. The first-order valence-electron chi connectivity index (χ1n) is 13.8. The molecule has 1 saturated heterocycles. The Hall–Kier alpha value is -4.26. The van der Waals surface area contributed by atoms with Crippen LogP contribution in [0.25, 0.3) is 0 Å². The van der Waals surface area contributed by atoms with Crippen LogP contribution in [0.5, 0.6) is 11.6 Å². The molecule has 1 aliphatic heterocycles. The number of amides is 2. The number of aryl methyl sites for hydroxylation is 1. The maximum Gasteiger partial charge on any atom is 0.326 e. The predicted octanol–water partition coefficient (Wildman–Crippen LogP) is 6.21. The summed E-state index contributed by atoms with van der Waals surface area (Å²) in [5.74, 6) is 0.560. The van der Waals surface area contributed by atoms with Crippen molar-refractivity contribution in [1.29, 1.82) is 0 Å². The highest BCUT2D eigenvalue weighted by Crippen LogP contribution is 2.27. The first kappa shape index (κ1) is 32.6. The molecule has 0 unspecified atom stereocenters. The van der Waals surface area contributed by atoms with Gasteiger partial charge in [0, 0.05) is 55.0 Å². The highest BCUT2D eigenvalue weighted by atomic mass is 35.5. The second-order valence-corrected chi connectivity index (χ2v) is 12.2. The van der Waals surface area contributed by atoms with Crippen LogP contribution in [0.3, 0.4) is 0 Å². The van der Waals surface area contributed by atoms with E-state index in [1.807, 2.05) is 19.1 Å². The van der Waals surface area contributed by atoms with Gasteiger partial charge in [-0.25, -0.2) is 22.6 Å². The third kappa shape index (κ3) is 9.12. The van der Waals surface area contributed by atoms with E-state index in [1.165, 1.54) is 12.1 Å². The number of piperidine rings is 1. The first-order valence-corrected chi connectivity index (χ1v) is 15.7. The summed E-state index contributed by atoms with van der Waals surface area (Å²) < 4.78 is 45.1. The molecule has 2 aromatic carbocycles. The Morgan fingerprint density at radius 2 is 1.73 bits per heavy atom.